The van der Waals surface area contributed by atoms with E-state index in [-0.39, 0.29) is 5.97 Å². The highest BCUT2D eigenvalue weighted by atomic mass is 32.1. The van der Waals surface area contributed by atoms with Crippen molar-refractivity contribution in [3.05, 3.63) is 16.1 Å². The summed E-state index contributed by atoms with van der Waals surface area (Å²) in [5.41, 5.74) is -0.451. The normalized spacial score (nSPS) is 20.7. The van der Waals surface area contributed by atoms with Gasteiger partial charge in [-0.15, -0.1) is 11.3 Å². The Kier molecular flexibility index (Phi) is 4.02. The van der Waals surface area contributed by atoms with Crippen LogP contribution in [0, 0.1) is 0 Å². The van der Waals surface area contributed by atoms with Gasteiger partial charge in [0, 0.05) is 12.5 Å². The van der Waals surface area contributed by atoms with Crippen molar-refractivity contribution >= 4 is 17.3 Å². The molecule has 1 aliphatic heterocycles. The molecule has 0 radical (unpaired) electrons. The minimum absolute atomic E-state index is 0.269. The van der Waals surface area contributed by atoms with Gasteiger partial charge in [-0.25, -0.2) is 9.78 Å². The van der Waals surface area contributed by atoms with Crippen LogP contribution in [0.15, 0.2) is 6.20 Å². The first kappa shape index (κ1) is 13.5. The molecular formula is C13H20N2O2S. The van der Waals surface area contributed by atoms with Gasteiger partial charge in [0.05, 0.1) is 11.2 Å². The van der Waals surface area contributed by atoms with E-state index in [4.69, 9.17) is 4.74 Å². The molecule has 18 heavy (non-hydrogen) atoms. The van der Waals surface area contributed by atoms with E-state index in [1.165, 1.54) is 17.8 Å². The Morgan fingerprint density at radius 2 is 2.33 bits per heavy atom. The minimum atomic E-state index is -0.451. The van der Waals surface area contributed by atoms with E-state index in [0.717, 1.165) is 24.5 Å². The van der Waals surface area contributed by atoms with Crippen LogP contribution in [0.25, 0.3) is 0 Å². The monoisotopic (exact) mass is 268 g/mol. The van der Waals surface area contributed by atoms with Gasteiger partial charge in [-0.05, 0) is 40.2 Å². The molecular weight excluding hydrogens is 248 g/mol. The van der Waals surface area contributed by atoms with E-state index < -0.39 is 5.60 Å². The number of carbonyl (C=O) groups is 1. The minimum Gasteiger partial charge on any atom is -0.456 e. The van der Waals surface area contributed by atoms with Crippen molar-refractivity contribution in [1.29, 1.82) is 0 Å². The van der Waals surface area contributed by atoms with Crippen molar-refractivity contribution < 1.29 is 9.53 Å². The van der Waals surface area contributed by atoms with Crippen molar-refractivity contribution in [1.82, 2.24) is 10.3 Å². The lowest BCUT2D eigenvalue weighted by atomic mass is 10.0. The molecule has 100 valence electrons. The fourth-order valence-corrected chi connectivity index (χ4v) is 2.89. The smallest absolute Gasteiger partial charge is 0.350 e. The van der Waals surface area contributed by atoms with Gasteiger partial charge < -0.3 is 10.1 Å². The number of nitrogens with zero attached hydrogens (tertiary/aromatic N) is 1. The summed E-state index contributed by atoms with van der Waals surface area (Å²) in [5, 5.41) is 4.41. The average molecular weight is 268 g/mol. The molecule has 0 aromatic carbocycles. The number of hydrogen-bond donors (Lipinski definition) is 1. The third-order valence-electron chi connectivity index (χ3n) is 2.77. The van der Waals surface area contributed by atoms with E-state index in [1.54, 1.807) is 6.20 Å². The van der Waals surface area contributed by atoms with E-state index in [1.807, 2.05) is 20.8 Å². The quantitative estimate of drug-likeness (QED) is 0.838. The fourth-order valence-electron chi connectivity index (χ4n) is 1.96. The van der Waals surface area contributed by atoms with E-state index in [0.29, 0.717) is 10.8 Å². The SMILES string of the molecule is CC(C)(C)OC(=O)c1cnc(C2CCCNC2)s1. The Bertz CT molecular complexity index is 417. The lowest BCUT2D eigenvalue weighted by Gasteiger charge is -2.20. The highest BCUT2D eigenvalue weighted by Gasteiger charge is 2.23. The van der Waals surface area contributed by atoms with Crippen LogP contribution in [0.1, 0.15) is 54.2 Å². The number of piperidine rings is 1. The van der Waals surface area contributed by atoms with Crippen LogP contribution < -0.4 is 5.32 Å². The molecule has 2 rings (SSSR count). The number of thiazole rings is 1. The zero-order valence-corrected chi connectivity index (χ0v) is 12.0. The second kappa shape index (κ2) is 5.36. The van der Waals surface area contributed by atoms with Gasteiger partial charge >= 0.3 is 5.97 Å². The number of hydrogen-bond acceptors (Lipinski definition) is 5. The molecule has 0 aliphatic carbocycles. The third-order valence-corrected chi connectivity index (χ3v) is 3.91. The van der Waals surface area contributed by atoms with Crippen molar-refractivity contribution in [2.24, 2.45) is 0 Å². The summed E-state index contributed by atoms with van der Waals surface area (Å²) in [6, 6.07) is 0. The highest BCUT2D eigenvalue weighted by molar-refractivity contribution is 7.13. The highest BCUT2D eigenvalue weighted by Crippen LogP contribution is 2.28. The van der Waals surface area contributed by atoms with E-state index in [9.17, 15) is 4.79 Å². The van der Waals surface area contributed by atoms with Gasteiger partial charge in [0.25, 0.3) is 0 Å². The maximum absolute atomic E-state index is 11.9. The van der Waals surface area contributed by atoms with Crippen LogP contribution in [-0.2, 0) is 4.74 Å². The van der Waals surface area contributed by atoms with Crippen LogP contribution in [0.4, 0.5) is 0 Å². The number of ether oxygens (including phenoxy) is 1. The maximum Gasteiger partial charge on any atom is 0.350 e. The number of carbonyl (C=O) groups excluding carboxylic acids is 1. The summed E-state index contributed by atoms with van der Waals surface area (Å²) in [5.74, 6) is 0.176. The molecule has 1 aromatic rings. The molecule has 0 spiro atoms. The van der Waals surface area contributed by atoms with Crippen molar-refractivity contribution in [3.63, 3.8) is 0 Å². The zero-order valence-electron chi connectivity index (χ0n) is 11.2. The molecule has 1 atom stereocenters. The second-order valence-corrected chi connectivity index (χ2v) is 6.67. The number of aromatic nitrogens is 1. The first-order chi connectivity index (χ1) is 8.46. The second-order valence-electron chi connectivity index (χ2n) is 5.61. The maximum atomic E-state index is 11.9. The van der Waals surface area contributed by atoms with Gasteiger partial charge in [0.1, 0.15) is 10.5 Å². The Hall–Kier alpha value is -0.940. The first-order valence-electron chi connectivity index (χ1n) is 6.35. The van der Waals surface area contributed by atoms with Crippen molar-refractivity contribution in [2.45, 2.75) is 45.1 Å². The van der Waals surface area contributed by atoms with Gasteiger partial charge in [-0.1, -0.05) is 0 Å². The predicted octanol–water partition coefficient (Wildman–Crippen LogP) is 2.57. The molecule has 1 aliphatic rings. The summed E-state index contributed by atoms with van der Waals surface area (Å²) in [6.45, 7) is 7.66. The lowest BCUT2D eigenvalue weighted by molar-refractivity contribution is 0.00750. The summed E-state index contributed by atoms with van der Waals surface area (Å²) in [4.78, 5) is 16.9. The number of esters is 1. The molecule has 1 saturated heterocycles. The molecule has 0 amide bonds. The van der Waals surface area contributed by atoms with Crippen molar-refractivity contribution in [3.8, 4) is 0 Å². The van der Waals surface area contributed by atoms with Crippen LogP contribution in [0.3, 0.4) is 0 Å². The largest absolute Gasteiger partial charge is 0.456 e. The molecule has 2 heterocycles. The van der Waals surface area contributed by atoms with Crippen LogP contribution in [-0.4, -0.2) is 29.6 Å². The summed E-state index contributed by atoms with van der Waals surface area (Å²) < 4.78 is 5.34. The van der Waals surface area contributed by atoms with E-state index in [2.05, 4.69) is 10.3 Å². The predicted molar refractivity (Wildman–Crippen MR) is 72.1 cm³/mol. The molecule has 0 bridgehead atoms. The molecule has 0 saturated carbocycles. The molecule has 1 fully saturated rings. The molecule has 4 nitrogen and oxygen atoms in total. The lowest BCUT2D eigenvalue weighted by Crippen LogP contribution is -2.28. The standard InChI is InChI=1S/C13H20N2O2S/c1-13(2,3)17-12(16)10-8-15-11(18-10)9-5-4-6-14-7-9/h8-9,14H,4-7H2,1-3H3. The van der Waals surface area contributed by atoms with E-state index >= 15 is 0 Å². The van der Waals surface area contributed by atoms with Crippen LogP contribution in [0.5, 0.6) is 0 Å². The number of nitrogens with one attached hydrogen (secondary N) is 1. The Morgan fingerprint density at radius 1 is 1.56 bits per heavy atom. The van der Waals surface area contributed by atoms with Gasteiger partial charge in [0.2, 0.25) is 0 Å². The molecule has 1 N–H and O–H groups in total. The van der Waals surface area contributed by atoms with Gasteiger partial charge in [-0.3, -0.25) is 0 Å². The third kappa shape index (κ3) is 3.53. The molecule has 1 unspecified atom stereocenters. The molecule has 5 heteroatoms. The average Bonchev–Trinajstić information content (AvgIpc) is 2.77. The first-order valence-corrected chi connectivity index (χ1v) is 7.17. The Morgan fingerprint density at radius 3 is 2.94 bits per heavy atom. The summed E-state index contributed by atoms with van der Waals surface area (Å²) in [7, 11) is 0. The van der Waals surface area contributed by atoms with Crippen LogP contribution >= 0.6 is 11.3 Å². The number of rotatable bonds is 2. The van der Waals surface area contributed by atoms with Crippen molar-refractivity contribution in [2.75, 3.05) is 13.1 Å². The van der Waals surface area contributed by atoms with Crippen LogP contribution in [0.2, 0.25) is 0 Å². The Balaban J connectivity index is 2.03. The fraction of sp³-hybridized carbons (Fsp3) is 0.692. The summed E-state index contributed by atoms with van der Waals surface area (Å²) >= 11 is 1.46. The zero-order chi connectivity index (χ0) is 13.2. The molecule has 1 aromatic heterocycles. The topological polar surface area (TPSA) is 51.2 Å². The summed E-state index contributed by atoms with van der Waals surface area (Å²) in [6.07, 6.45) is 3.96. The Labute approximate surface area is 112 Å². The van der Waals surface area contributed by atoms with Gasteiger partial charge in [0.15, 0.2) is 0 Å². The van der Waals surface area contributed by atoms with Gasteiger partial charge in [-0.2, -0.15) is 0 Å².